The summed E-state index contributed by atoms with van der Waals surface area (Å²) in [4.78, 5) is 4.26. The molecule has 0 spiro atoms. The van der Waals surface area contributed by atoms with E-state index < -0.39 is 11.7 Å². The van der Waals surface area contributed by atoms with Gasteiger partial charge < -0.3 is 11.5 Å². The number of rotatable bonds is 1. The van der Waals surface area contributed by atoms with Gasteiger partial charge in [0.2, 0.25) is 0 Å². The molecular formula is C16H12F3N3. The third-order valence-electron chi connectivity index (χ3n) is 3.42. The molecule has 0 bridgehead atoms. The summed E-state index contributed by atoms with van der Waals surface area (Å²) < 4.78 is 38.1. The first kappa shape index (κ1) is 14.2. The Hall–Kier alpha value is -2.76. The number of nitrogens with zero attached hydrogens (tertiary/aromatic N) is 1. The number of hydrogen-bond acceptors (Lipinski definition) is 3. The van der Waals surface area contributed by atoms with Crippen molar-refractivity contribution in [3.63, 3.8) is 0 Å². The van der Waals surface area contributed by atoms with Gasteiger partial charge in [0.05, 0.1) is 11.1 Å². The lowest BCUT2D eigenvalue weighted by Gasteiger charge is -2.13. The predicted molar refractivity (Wildman–Crippen MR) is 81.0 cm³/mol. The van der Waals surface area contributed by atoms with Crippen LogP contribution in [0, 0.1) is 0 Å². The van der Waals surface area contributed by atoms with Gasteiger partial charge in [0.15, 0.2) is 0 Å². The van der Waals surface area contributed by atoms with Crippen LogP contribution >= 0.6 is 0 Å². The van der Waals surface area contributed by atoms with Crippen molar-refractivity contribution in [2.45, 2.75) is 6.18 Å². The Morgan fingerprint density at radius 1 is 0.864 bits per heavy atom. The fourth-order valence-electron chi connectivity index (χ4n) is 2.33. The van der Waals surface area contributed by atoms with E-state index in [0.717, 1.165) is 17.5 Å². The molecule has 3 aromatic rings. The minimum Gasteiger partial charge on any atom is -0.398 e. The average molecular weight is 303 g/mol. The van der Waals surface area contributed by atoms with Crippen molar-refractivity contribution in [1.82, 2.24) is 4.98 Å². The number of pyridine rings is 1. The highest BCUT2D eigenvalue weighted by molar-refractivity contribution is 5.91. The van der Waals surface area contributed by atoms with Crippen LogP contribution in [0.4, 0.5) is 24.7 Å². The summed E-state index contributed by atoms with van der Waals surface area (Å²) in [7, 11) is 0. The van der Waals surface area contributed by atoms with Crippen molar-refractivity contribution >= 4 is 22.4 Å². The highest BCUT2D eigenvalue weighted by atomic mass is 19.4. The van der Waals surface area contributed by atoms with Crippen molar-refractivity contribution in [1.29, 1.82) is 0 Å². The molecule has 112 valence electrons. The van der Waals surface area contributed by atoms with Crippen LogP contribution in [0.3, 0.4) is 0 Å². The minimum absolute atomic E-state index is 0.0126. The molecule has 22 heavy (non-hydrogen) atoms. The van der Waals surface area contributed by atoms with Crippen molar-refractivity contribution in [2.75, 3.05) is 11.5 Å². The van der Waals surface area contributed by atoms with Gasteiger partial charge in [0.1, 0.15) is 5.82 Å². The monoisotopic (exact) mass is 303 g/mol. The van der Waals surface area contributed by atoms with Crippen molar-refractivity contribution in [2.24, 2.45) is 0 Å². The fourth-order valence-corrected chi connectivity index (χ4v) is 2.33. The topological polar surface area (TPSA) is 64.9 Å². The SMILES string of the molecule is Nc1cc(C(F)(F)F)ccc1-c1cc2ccccc2nc1N. The van der Waals surface area contributed by atoms with Gasteiger partial charge in [-0.05, 0) is 24.3 Å². The molecule has 3 rings (SSSR count). The standard InChI is InChI=1S/C16H12F3N3/c17-16(18,19)10-5-6-11(13(20)8-10)12-7-9-3-1-2-4-14(9)22-15(12)21/h1-8H,20H2,(H2,21,22). The molecule has 2 aromatic carbocycles. The van der Waals surface area contributed by atoms with Gasteiger partial charge >= 0.3 is 6.18 Å². The Kier molecular flexibility index (Phi) is 3.16. The van der Waals surface area contributed by atoms with Gasteiger partial charge in [-0.3, -0.25) is 0 Å². The van der Waals surface area contributed by atoms with Crippen LogP contribution in [0.5, 0.6) is 0 Å². The van der Waals surface area contributed by atoms with E-state index in [1.807, 2.05) is 24.3 Å². The highest BCUT2D eigenvalue weighted by Gasteiger charge is 2.31. The van der Waals surface area contributed by atoms with Crippen molar-refractivity contribution < 1.29 is 13.2 Å². The first-order chi connectivity index (χ1) is 10.4. The Morgan fingerprint density at radius 2 is 1.59 bits per heavy atom. The largest absolute Gasteiger partial charge is 0.416 e. The van der Waals surface area contributed by atoms with Gasteiger partial charge in [-0.15, -0.1) is 0 Å². The molecule has 1 aromatic heterocycles. The Bertz CT molecular complexity index is 857. The maximum absolute atomic E-state index is 12.7. The molecule has 0 fully saturated rings. The van der Waals surface area contributed by atoms with E-state index in [9.17, 15) is 13.2 Å². The number of halogens is 3. The molecule has 0 aliphatic heterocycles. The molecule has 0 radical (unpaired) electrons. The lowest BCUT2D eigenvalue weighted by molar-refractivity contribution is -0.137. The molecule has 0 aliphatic carbocycles. The molecule has 3 nitrogen and oxygen atoms in total. The van der Waals surface area contributed by atoms with E-state index in [1.165, 1.54) is 6.07 Å². The van der Waals surface area contributed by atoms with Crippen molar-refractivity contribution in [3.05, 3.63) is 54.1 Å². The van der Waals surface area contributed by atoms with E-state index in [4.69, 9.17) is 11.5 Å². The highest BCUT2D eigenvalue weighted by Crippen LogP contribution is 2.36. The maximum Gasteiger partial charge on any atom is 0.416 e. The zero-order valence-electron chi connectivity index (χ0n) is 11.4. The molecule has 0 atom stereocenters. The van der Waals surface area contributed by atoms with Gasteiger partial charge in [-0.2, -0.15) is 13.2 Å². The van der Waals surface area contributed by atoms with Gasteiger partial charge in [0, 0.05) is 22.2 Å². The van der Waals surface area contributed by atoms with Crippen LogP contribution in [0.1, 0.15) is 5.56 Å². The summed E-state index contributed by atoms with van der Waals surface area (Å²) in [5, 5.41) is 0.839. The van der Waals surface area contributed by atoms with Gasteiger partial charge in [0.25, 0.3) is 0 Å². The quantitative estimate of drug-likeness (QED) is 0.666. The Balaban J connectivity index is 2.17. The second-order valence-corrected chi connectivity index (χ2v) is 4.91. The lowest BCUT2D eigenvalue weighted by atomic mass is 10.0. The number of para-hydroxylation sites is 1. The number of nitrogen functional groups attached to an aromatic ring is 2. The lowest BCUT2D eigenvalue weighted by Crippen LogP contribution is -2.06. The molecule has 0 amide bonds. The number of anilines is 2. The number of alkyl halides is 3. The van der Waals surface area contributed by atoms with Crippen LogP contribution < -0.4 is 11.5 Å². The molecule has 6 heteroatoms. The second kappa shape index (κ2) is 4.91. The van der Waals surface area contributed by atoms with E-state index >= 15 is 0 Å². The first-order valence-corrected chi connectivity index (χ1v) is 6.48. The molecular weight excluding hydrogens is 291 g/mol. The number of hydrogen-bond donors (Lipinski definition) is 2. The maximum atomic E-state index is 12.7. The van der Waals surface area contributed by atoms with E-state index in [0.29, 0.717) is 16.6 Å². The molecule has 4 N–H and O–H groups in total. The number of aromatic nitrogens is 1. The van der Waals surface area contributed by atoms with Gasteiger partial charge in [-0.1, -0.05) is 24.3 Å². The molecule has 0 saturated heterocycles. The third-order valence-corrected chi connectivity index (χ3v) is 3.42. The smallest absolute Gasteiger partial charge is 0.398 e. The molecule has 0 unspecified atom stereocenters. The van der Waals surface area contributed by atoms with Crippen LogP contribution in [0.15, 0.2) is 48.5 Å². The fraction of sp³-hybridized carbons (Fsp3) is 0.0625. The van der Waals surface area contributed by atoms with E-state index in [-0.39, 0.29) is 11.5 Å². The van der Waals surface area contributed by atoms with Crippen LogP contribution in [-0.2, 0) is 6.18 Å². The second-order valence-electron chi connectivity index (χ2n) is 4.91. The third kappa shape index (κ3) is 2.43. The van der Waals surface area contributed by atoms with Crippen molar-refractivity contribution in [3.8, 4) is 11.1 Å². The molecule has 0 aliphatic rings. The van der Waals surface area contributed by atoms with Gasteiger partial charge in [-0.25, -0.2) is 4.98 Å². The minimum atomic E-state index is -4.43. The normalized spacial score (nSPS) is 11.8. The summed E-state index contributed by atoms with van der Waals surface area (Å²) in [5.41, 5.74) is 12.6. The van der Waals surface area contributed by atoms with E-state index in [1.54, 1.807) is 6.07 Å². The summed E-state index contributed by atoms with van der Waals surface area (Å²) in [6.45, 7) is 0. The molecule has 0 saturated carbocycles. The Morgan fingerprint density at radius 3 is 2.27 bits per heavy atom. The summed E-state index contributed by atoms with van der Waals surface area (Å²) >= 11 is 0. The van der Waals surface area contributed by atoms with Crippen LogP contribution in [0.25, 0.3) is 22.0 Å². The van der Waals surface area contributed by atoms with E-state index in [2.05, 4.69) is 4.98 Å². The zero-order valence-corrected chi connectivity index (χ0v) is 11.4. The van der Waals surface area contributed by atoms with Crippen LogP contribution in [-0.4, -0.2) is 4.98 Å². The van der Waals surface area contributed by atoms with Crippen LogP contribution in [0.2, 0.25) is 0 Å². The first-order valence-electron chi connectivity index (χ1n) is 6.48. The Labute approximate surface area is 124 Å². The predicted octanol–water partition coefficient (Wildman–Crippen LogP) is 4.09. The number of fused-ring (bicyclic) bond motifs is 1. The molecule has 1 heterocycles. The summed E-state index contributed by atoms with van der Waals surface area (Å²) in [6.07, 6.45) is -4.43. The number of benzene rings is 2. The zero-order chi connectivity index (χ0) is 15.9. The average Bonchev–Trinajstić information content (AvgIpc) is 2.46. The summed E-state index contributed by atoms with van der Waals surface area (Å²) in [6, 6.07) is 12.3. The summed E-state index contributed by atoms with van der Waals surface area (Å²) in [5.74, 6) is 0.227. The number of nitrogens with two attached hydrogens (primary N) is 2.